The molecule has 0 aromatic heterocycles. The summed E-state index contributed by atoms with van der Waals surface area (Å²) in [5, 5.41) is 0. The van der Waals surface area contributed by atoms with Crippen LogP contribution in [-0.2, 0) is 11.3 Å². The minimum atomic E-state index is 0.134. The molecule has 0 bridgehead atoms. The third-order valence-electron chi connectivity index (χ3n) is 2.72. The van der Waals surface area contributed by atoms with Gasteiger partial charge in [-0.05, 0) is 26.5 Å². The lowest BCUT2D eigenvalue weighted by molar-refractivity contribution is 0.0437. The van der Waals surface area contributed by atoms with Crippen LogP contribution in [0.2, 0.25) is 0 Å². The van der Waals surface area contributed by atoms with E-state index in [-0.39, 0.29) is 6.10 Å². The van der Waals surface area contributed by atoms with Gasteiger partial charge in [-0.1, -0.05) is 29.8 Å². The molecule has 0 fully saturated rings. The van der Waals surface area contributed by atoms with Crippen molar-refractivity contribution in [3.63, 3.8) is 0 Å². The molecule has 0 amide bonds. The predicted octanol–water partition coefficient (Wildman–Crippen LogP) is 1.79. The number of hydrogen-bond acceptors (Lipinski definition) is 3. The van der Waals surface area contributed by atoms with Crippen LogP contribution in [0, 0.1) is 6.92 Å². The van der Waals surface area contributed by atoms with Crippen molar-refractivity contribution in [3.8, 4) is 0 Å². The first kappa shape index (κ1) is 14.2. The van der Waals surface area contributed by atoms with Gasteiger partial charge in [0.1, 0.15) is 0 Å². The molecule has 0 aliphatic heterocycles. The topological polar surface area (TPSA) is 38.5 Å². The Kier molecular flexibility index (Phi) is 6.19. The summed E-state index contributed by atoms with van der Waals surface area (Å²) in [5.41, 5.74) is 8.31. The third-order valence-corrected chi connectivity index (χ3v) is 2.72. The number of rotatable bonds is 7. The average molecular weight is 236 g/mol. The van der Waals surface area contributed by atoms with E-state index in [1.807, 2.05) is 6.92 Å². The van der Waals surface area contributed by atoms with E-state index in [2.05, 4.69) is 43.1 Å². The van der Waals surface area contributed by atoms with Crippen LogP contribution in [0.3, 0.4) is 0 Å². The zero-order valence-electron chi connectivity index (χ0n) is 11.1. The highest BCUT2D eigenvalue weighted by atomic mass is 16.5. The van der Waals surface area contributed by atoms with Gasteiger partial charge in [0.05, 0.1) is 6.10 Å². The first-order valence-corrected chi connectivity index (χ1v) is 6.21. The van der Waals surface area contributed by atoms with E-state index in [1.165, 1.54) is 11.1 Å². The van der Waals surface area contributed by atoms with Gasteiger partial charge < -0.3 is 10.5 Å². The number of aryl methyl sites for hydroxylation is 1. The van der Waals surface area contributed by atoms with Crippen molar-refractivity contribution in [3.05, 3.63) is 35.4 Å². The Bertz CT molecular complexity index is 328. The van der Waals surface area contributed by atoms with Gasteiger partial charge in [0.25, 0.3) is 0 Å². The van der Waals surface area contributed by atoms with Gasteiger partial charge in [-0.25, -0.2) is 0 Å². The molecule has 3 nitrogen and oxygen atoms in total. The summed E-state index contributed by atoms with van der Waals surface area (Å²) in [7, 11) is 2.10. The minimum Gasteiger partial charge on any atom is -0.376 e. The molecule has 1 aromatic carbocycles. The Labute approximate surface area is 105 Å². The molecule has 0 aliphatic carbocycles. The molecule has 0 radical (unpaired) electrons. The zero-order valence-corrected chi connectivity index (χ0v) is 11.1. The fraction of sp³-hybridized carbons (Fsp3) is 0.571. The van der Waals surface area contributed by atoms with Crippen LogP contribution in [-0.4, -0.2) is 37.7 Å². The quantitative estimate of drug-likeness (QED) is 0.784. The van der Waals surface area contributed by atoms with Crippen LogP contribution in [0.1, 0.15) is 18.1 Å². The first-order chi connectivity index (χ1) is 8.15. The number of nitrogens with two attached hydrogens (primary N) is 1. The molecule has 3 heteroatoms. The van der Waals surface area contributed by atoms with Crippen molar-refractivity contribution in [2.45, 2.75) is 26.5 Å². The molecule has 0 aliphatic rings. The lowest BCUT2D eigenvalue weighted by atomic mass is 10.1. The second-order valence-electron chi connectivity index (χ2n) is 4.50. The van der Waals surface area contributed by atoms with Crippen LogP contribution in [0.5, 0.6) is 0 Å². The summed E-state index contributed by atoms with van der Waals surface area (Å²) in [6, 6.07) is 8.59. The number of ether oxygens (including phenoxy) is 1. The molecule has 2 N–H and O–H groups in total. The summed E-state index contributed by atoms with van der Waals surface area (Å²) < 4.78 is 5.56. The van der Waals surface area contributed by atoms with Crippen LogP contribution in [0.15, 0.2) is 24.3 Å². The largest absolute Gasteiger partial charge is 0.376 e. The van der Waals surface area contributed by atoms with E-state index in [0.717, 1.165) is 19.7 Å². The fourth-order valence-electron chi connectivity index (χ4n) is 1.97. The molecule has 1 aromatic rings. The normalized spacial score (nSPS) is 13.0. The standard InChI is InChI=1S/C14H24N2O/c1-4-17-14(9-15)11-16(3)10-13-7-5-6-12(2)8-13/h5-8,14H,4,9-11,15H2,1-3H3. The second-order valence-corrected chi connectivity index (χ2v) is 4.50. The fourth-order valence-corrected chi connectivity index (χ4v) is 1.97. The molecule has 0 spiro atoms. The van der Waals surface area contributed by atoms with Gasteiger partial charge in [0, 0.05) is 26.2 Å². The lowest BCUT2D eigenvalue weighted by Crippen LogP contribution is -2.36. The smallest absolute Gasteiger partial charge is 0.0823 e. The number of hydrogen-bond donors (Lipinski definition) is 1. The molecular formula is C14H24N2O. The van der Waals surface area contributed by atoms with Gasteiger partial charge in [-0.3, -0.25) is 4.90 Å². The highest BCUT2D eigenvalue weighted by molar-refractivity contribution is 5.21. The molecule has 17 heavy (non-hydrogen) atoms. The van der Waals surface area contributed by atoms with E-state index < -0.39 is 0 Å². The molecular weight excluding hydrogens is 212 g/mol. The summed E-state index contributed by atoms with van der Waals surface area (Å²) in [4.78, 5) is 2.25. The van der Waals surface area contributed by atoms with Gasteiger partial charge in [-0.2, -0.15) is 0 Å². The van der Waals surface area contributed by atoms with E-state index in [0.29, 0.717) is 6.54 Å². The third kappa shape index (κ3) is 5.31. The Morgan fingerprint density at radius 2 is 2.18 bits per heavy atom. The lowest BCUT2D eigenvalue weighted by Gasteiger charge is -2.23. The molecule has 96 valence electrons. The SMILES string of the molecule is CCOC(CN)CN(C)Cc1cccc(C)c1. The highest BCUT2D eigenvalue weighted by Crippen LogP contribution is 2.07. The van der Waals surface area contributed by atoms with Crippen molar-refractivity contribution in [1.29, 1.82) is 0 Å². The summed E-state index contributed by atoms with van der Waals surface area (Å²) in [5.74, 6) is 0. The minimum absolute atomic E-state index is 0.134. The molecule has 0 heterocycles. The summed E-state index contributed by atoms with van der Waals surface area (Å²) >= 11 is 0. The molecule has 0 saturated carbocycles. The predicted molar refractivity (Wildman–Crippen MR) is 72.0 cm³/mol. The van der Waals surface area contributed by atoms with E-state index >= 15 is 0 Å². The van der Waals surface area contributed by atoms with Crippen molar-refractivity contribution in [2.75, 3.05) is 26.7 Å². The van der Waals surface area contributed by atoms with E-state index in [9.17, 15) is 0 Å². The van der Waals surface area contributed by atoms with Crippen molar-refractivity contribution < 1.29 is 4.74 Å². The van der Waals surface area contributed by atoms with Crippen LogP contribution < -0.4 is 5.73 Å². The van der Waals surface area contributed by atoms with Gasteiger partial charge in [-0.15, -0.1) is 0 Å². The summed E-state index contributed by atoms with van der Waals surface area (Å²) in [6.45, 7) is 7.23. The van der Waals surface area contributed by atoms with Gasteiger partial charge in [0.15, 0.2) is 0 Å². The maximum absolute atomic E-state index is 5.67. The monoisotopic (exact) mass is 236 g/mol. The van der Waals surface area contributed by atoms with Gasteiger partial charge >= 0.3 is 0 Å². The number of likely N-dealkylation sites (N-methyl/N-ethyl adjacent to an activating group) is 1. The maximum Gasteiger partial charge on any atom is 0.0823 e. The summed E-state index contributed by atoms with van der Waals surface area (Å²) in [6.07, 6.45) is 0.134. The highest BCUT2D eigenvalue weighted by Gasteiger charge is 2.09. The van der Waals surface area contributed by atoms with Crippen molar-refractivity contribution in [2.24, 2.45) is 5.73 Å². The molecule has 1 unspecified atom stereocenters. The number of nitrogens with zero attached hydrogens (tertiary/aromatic N) is 1. The van der Waals surface area contributed by atoms with Crippen LogP contribution in [0.25, 0.3) is 0 Å². The van der Waals surface area contributed by atoms with Crippen molar-refractivity contribution >= 4 is 0 Å². The van der Waals surface area contributed by atoms with E-state index in [1.54, 1.807) is 0 Å². The molecule has 1 rings (SSSR count). The first-order valence-electron chi connectivity index (χ1n) is 6.21. The average Bonchev–Trinajstić information content (AvgIpc) is 2.28. The van der Waals surface area contributed by atoms with Crippen LogP contribution in [0.4, 0.5) is 0 Å². The second kappa shape index (κ2) is 7.43. The van der Waals surface area contributed by atoms with Gasteiger partial charge in [0.2, 0.25) is 0 Å². The Balaban J connectivity index is 2.45. The Hall–Kier alpha value is -0.900. The Morgan fingerprint density at radius 1 is 1.41 bits per heavy atom. The van der Waals surface area contributed by atoms with Crippen molar-refractivity contribution in [1.82, 2.24) is 4.90 Å². The molecule has 0 saturated heterocycles. The Morgan fingerprint density at radius 3 is 2.76 bits per heavy atom. The zero-order chi connectivity index (χ0) is 12.7. The number of benzene rings is 1. The van der Waals surface area contributed by atoms with Crippen LogP contribution >= 0.6 is 0 Å². The maximum atomic E-state index is 5.67. The molecule has 1 atom stereocenters. The van der Waals surface area contributed by atoms with E-state index in [4.69, 9.17) is 10.5 Å².